The summed E-state index contributed by atoms with van der Waals surface area (Å²) in [5, 5.41) is 7.32. The summed E-state index contributed by atoms with van der Waals surface area (Å²) < 4.78 is 5.51. The molecule has 0 aliphatic carbocycles. The molecule has 1 aliphatic rings. The predicted octanol–water partition coefficient (Wildman–Crippen LogP) is 3.74. The second-order valence-corrected chi connectivity index (χ2v) is 6.93. The minimum absolute atomic E-state index is 0.0109. The first-order valence-electron chi connectivity index (χ1n) is 9.37. The molecule has 1 aromatic heterocycles. The lowest BCUT2D eigenvalue weighted by molar-refractivity contribution is 0.0905. The molecule has 5 heteroatoms. The number of benzene rings is 2. The van der Waals surface area contributed by atoms with E-state index in [2.05, 4.69) is 15.4 Å². The summed E-state index contributed by atoms with van der Waals surface area (Å²) in [7, 11) is 0. The van der Waals surface area contributed by atoms with E-state index >= 15 is 0 Å². The standard InChI is InChI=1S/C22H23N3O2/c26-22(18-9-5-2-6-10-18)23-19-11-13-25(14-12-19)16-20-15-21(24-27-20)17-7-3-1-4-8-17/h1-10,15,19H,11-14,16H2,(H,23,26). The van der Waals surface area contributed by atoms with Crippen molar-refractivity contribution >= 4 is 5.91 Å². The molecule has 4 rings (SSSR count). The summed E-state index contributed by atoms with van der Waals surface area (Å²) in [6, 6.07) is 21.7. The van der Waals surface area contributed by atoms with E-state index in [0.717, 1.165) is 55.1 Å². The topological polar surface area (TPSA) is 58.4 Å². The molecule has 5 nitrogen and oxygen atoms in total. The van der Waals surface area contributed by atoms with E-state index in [0.29, 0.717) is 0 Å². The van der Waals surface area contributed by atoms with E-state index in [1.54, 1.807) is 0 Å². The van der Waals surface area contributed by atoms with Gasteiger partial charge in [0.1, 0.15) is 5.69 Å². The Balaban J connectivity index is 1.27. The van der Waals surface area contributed by atoms with Crippen molar-refractivity contribution in [2.45, 2.75) is 25.4 Å². The van der Waals surface area contributed by atoms with Gasteiger partial charge in [-0.25, -0.2) is 0 Å². The second kappa shape index (κ2) is 8.18. The number of nitrogens with zero attached hydrogens (tertiary/aromatic N) is 2. The molecule has 3 aromatic rings. The van der Waals surface area contributed by atoms with E-state index in [1.807, 2.05) is 66.7 Å². The fraction of sp³-hybridized carbons (Fsp3) is 0.273. The number of aromatic nitrogens is 1. The summed E-state index contributed by atoms with van der Waals surface area (Å²) in [6.45, 7) is 2.61. The van der Waals surface area contributed by atoms with Gasteiger partial charge in [-0.2, -0.15) is 0 Å². The van der Waals surface area contributed by atoms with Gasteiger partial charge in [-0.3, -0.25) is 9.69 Å². The molecular weight excluding hydrogens is 338 g/mol. The van der Waals surface area contributed by atoms with Crippen LogP contribution in [0.4, 0.5) is 0 Å². The molecule has 138 valence electrons. The number of carbonyl (C=O) groups excluding carboxylic acids is 1. The van der Waals surface area contributed by atoms with E-state index < -0.39 is 0 Å². The van der Waals surface area contributed by atoms with Crippen LogP contribution >= 0.6 is 0 Å². The van der Waals surface area contributed by atoms with Gasteiger partial charge < -0.3 is 9.84 Å². The Hall–Kier alpha value is -2.92. The van der Waals surface area contributed by atoms with Crippen LogP contribution in [0.2, 0.25) is 0 Å². The predicted molar refractivity (Wildman–Crippen MR) is 104 cm³/mol. The van der Waals surface area contributed by atoms with Gasteiger partial charge in [-0.1, -0.05) is 53.7 Å². The fourth-order valence-corrected chi connectivity index (χ4v) is 3.45. The quantitative estimate of drug-likeness (QED) is 0.752. The summed E-state index contributed by atoms with van der Waals surface area (Å²) in [5.41, 5.74) is 2.65. The number of hydrogen-bond acceptors (Lipinski definition) is 4. The normalized spacial score (nSPS) is 15.6. The molecule has 0 saturated carbocycles. The van der Waals surface area contributed by atoms with E-state index in [-0.39, 0.29) is 11.9 Å². The van der Waals surface area contributed by atoms with Crippen molar-refractivity contribution in [3.8, 4) is 11.3 Å². The molecule has 1 amide bonds. The third kappa shape index (κ3) is 4.44. The van der Waals surface area contributed by atoms with Crippen molar-refractivity contribution in [1.29, 1.82) is 0 Å². The first-order valence-corrected chi connectivity index (χ1v) is 9.37. The smallest absolute Gasteiger partial charge is 0.251 e. The zero-order chi connectivity index (χ0) is 18.5. The number of piperidine rings is 1. The number of amides is 1. The van der Waals surface area contributed by atoms with Crippen LogP contribution < -0.4 is 5.32 Å². The van der Waals surface area contributed by atoms with Gasteiger partial charge in [0.2, 0.25) is 0 Å². The van der Waals surface area contributed by atoms with Crippen molar-refractivity contribution in [2.75, 3.05) is 13.1 Å². The van der Waals surface area contributed by atoms with E-state index in [1.165, 1.54) is 0 Å². The Bertz CT molecular complexity index is 869. The fourth-order valence-electron chi connectivity index (χ4n) is 3.45. The molecule has 2 aromatic carbocycles. The van der Waals surface area contributed by atoms with Crippen LogP contribution in [0, 0.1) is 0 Å². The van der Waals surface area contributed by atoms with Crippen LogP contribution in [0.3, 0.4) is 0 Å². The number of rotatable bonds is 5. The zero-order valence-electron chi connectivity index (χ0n) is 15.2. The molecule has 1 N–H and O–H groups in total. The summed E-state index contributed by atoms with van der Waals surface area (Å²) in [4.78, 5) is 14.6. The zero-order valence-corrected chi connectivity index (χ0v) is 15.2. The Morgan fingerprint density at radius 1 is 1.04 bits per heavy atom. The monoisotopic (exact) mass is 361 g/mol. The van der Waals surface area contributed by atoms with Gasteiger partial charge in [0.15, 0.2) is 5.76 Å². The van der Waals surface area contributed by atoms with E-state index in [4.69, 9.17) is 4.52 Å². The summed E-state index contributed by atoms with van der Waals surface area (Å²) in [6.07, 6.45) is 1.89. The highest BCUT2D eigenvalue weighted by molar-refractivity contribution is 5.94. The molecular formula is C22H23N3O2. The third-order valence-electron chi connectivity index (χ3n) is 4.97. The molecule has 0 atom stereocenters. The molecule has 0 bridgehead atoms. The Morgan fingerprint density at radius 3 is 2.41 bits per heavy atom. The molecule has 1 aliphatic heterocycles. The van der Waals surface area contributed by atoms with Crippen LogP contribution in [0.1, 0.15) is 29.0 Å². The van der Waals surface area contributed by atoms with Crippen LogP contribution in [-0.2, 0) is 6.54 Å². The van der Waals surface area contributed by atoms with Crippen LogP contribution in [0.15, 0.2) is 71.3 Å². The van der Waals surface area contributed by atoms with Gasteiger partial charge in [0.05, 0.1) is 6.54 Å². The summed E-state index contributed by atoms with van der Waals surface area (Å²) >= 11 is 0. The minimum Gasteiger partial charge on any atom is -0.359 e. The highest BCUT2D eigenvalue weighted by Crippen LogP contribution is 2.21. The molecule has 1 saturated heterocycles. The third-order valence-corrected chi connectivity index (χ3v) is 4.97. The van der Waals surface area contributed by atoms with E-state index in [9.17, 15) is 4.79 Å². The van der Waals surface area contributed by atoms with Crippen molar-refractivity contribution in [2.24, 2.45) is 0 Å². The maximum absolute atomic E-state index is 12.3. The lowest BCUT2D eigenvalue weighted by Crippen LogP contribution is -2.44. The summed E-state index contributed by atoms with van der Waals surface area (Å²) in [5.74, 6) is 0.886. The van der Waals surface area contributed by atoms with Crippen LogP contribution in [0.25, 0.3) is 11.3 Å². The highest BCUT2D eigenvalue weighted by atomic mass is 16.5. The SMILES string of the molecule is O=C(NC1CCN(Cc2cc(-c3ccccc3)no2)CC1)c1ccccc1. The highest BCUT2D eigenvalue weighted by Gasteiger charge is 2.22. The second-order valence-electron chi connectivity index (χ2n) is 6.93. The number of carbonyl (C=O) groups is 1. The van der Waals surface area contributed by atoms with Gasteiger partial charge in [-0.05, 0) is 25.0 Å². The maximum atomic E-state index is 12.3. The van der Waals surface area contributed by atoms with Crippen molar-refractivity contribution in [3.63, 3.8) is 0 Å². The van der Waals surface area contributed by atoms with Crippen molar-refractivity contribution < 1.29 is 9.32 Å². The average molecular weight is 361 g/mol. The number of nitrogens with one attached hydrogen (secondary N) is 1. The molecule has 0 radical (unpaired) electrons. The number of hydrogen-bond donors (Lipinski definition) is 1. The molecule has 27 heavy (non-hydrogen) atoms. The molecule has 0 unspecified atom stereocenters. The van der Waals surface area contributed by atoms with Crippen LogP contribution in [-0.4, -0.2) is 35.1 Å². The Morgan fingerprint density at radius 2 is 1.70 bits per heavy atom. The van der Waals surface area contributed by atoms with Crippen molar-refractivity contribution in [1.82, 2.24) is 15.4 Å². The largest absolute Gasteiger partial charge is 0.359 e. The number of likely N-dealkylation sites (tertiary alicyclic amines) is 1. The van der Waals surface area contributed by atoms with Gasteiger partial charge in [0.25, 0.3) is 5.91 Å². The first kappa shape index (κ1) is 17.5. The van der Waals surface area contributed by atoms with Crippen LogP contribution in [0.5, 0.6) is 0 Å². The molecule has 0 spiro atoms. The molecule has 1 fully saturated rings. The average Bonchev–Trinajstić information content (AvgIpc) is 3.19. The van der Waals surface area contributed by atoms with Gasteiger partial charge in [0, 0.05) is 36.3 Å². The Labute approximate surface area is 159 Å². The minimum atomic E-state index is 0.0109. The first-order chi connectivity index (χ1) is 13.3. The van der Waals surface area contributed by atoms with Gasteiger partial charge in [-0.15, -0.1) is 0 Å². The van der Waals surface area contributed by atoms with Crippen molar-refractivity contribution in [3.05, 3.63) is 78.1 Å². The lowest BCUT2D eigenvalue weighted by atomic mass is 10.0. The maximum Gasteiger partial charge on any atom is 0.251 e. The Kier molecular flexibility index (Phi) is 5.30. The lowest BCUT2D eigenvalue weighted by Gasteiger charge is -2.31. The van der Waals surface area contributed by atoms with Gasteiger partial charge >= 0.3 is 0 Å². The molecule has 2 heterocycles.